The molecule has 0 amide bonds. The zero-order chi connectivity index (χ0) is 13.2. The smallest absolute Gasteiger partial charge is 0.252 e. The summed E-state index contributed by atoms with van der Waals surface area (Å²) in [5.74, 6) is 2.69. The van der Waals surface area contributed by atoms with Crippen LogP contribution < -0.4 is 10.9 Å². The predicted molar refractivity (Wildman–Crippen MR) is 79.6 cm³/mol. The maximum absolute atomic E-state index is 11.3. The van der Waals surface area contributed by atoms with Crippen molar-refractivity contribution in [1.82, 2.24) is 9.97 Å². The summed E-state index contributed by atoms with van der Waals surface area (Å²) in [5, 5.41) is 3.21. The van der Waals surface area contributed by atoms with Crippen molar-refractivity contribution in [3.63, 3.8) is 0 Å². The van der Waals surface area contributed by atoms with Gasteiger partial charge in [0.1, 0.15) is 11.6 Å². The molecule has 4 nitrogen and oxygen atoms in total. The lowest BCUT2D eigenvalue weighted by Crippen LogP contribution is -2.13. The Morgan fingerprint density at radius 2 is 2.11 bits per heavy atom. The summed E-state index contributed by atoms with van der Waals surface area (Å²) in [7, 11) is 0. The number of rotatable bonds is 9. The maximum atomic E-state index is 11.3. The van der Waals surface area contributed by atoms with Gasteiger partial charge in [0.05, 0.1) is 0 Å². The lowest BCUT2D eigenvalue weighted by atomic mass is 10.2. The van der Waals surface area contributed by atoms with Crippen molar-refractivity contribution >= 4 is 17.6 Å². The van der Waals surface area contributed by atoms with Gasteiger partial charge in [-0.2, -0.15) is 11.8 Å². The van der Waals surface area contributed by atoms with Gasteiger partial charge in [0.25, 0.3) is 5.56 Å². The van der Waals surface area contributed by atoms with E-state index in [0.29, 0.717) is 5.82 Å². The highest BCUT2D eigenvalue weighted by Gasteiger charge is 1.98. The molecule has 1 aromatic heterocycles. The quantitative estimate of drug-likeness (QED) is 0.677. The van der Waals surface area contributed by atoms with Gasteiger partial charge in [-0.3, -0.25) is 4.79 Å². The fourth-order valence-corrected chi connectivity index (χ4v) is 2.20. The number of nitrogens with zero attached hydrogens (tertiary/aromatic N) is 1. The lowest BCUT2D eigenvalue weighted by molar-refractivity contribution is 0.688. The van der Waals surface area contributed by atoms with Crippen LogP contribution in [0, 0.1) is 0 Å². The van der Waals surface area contributed by atoms with Crippen LogP contribution in [0.3, 0.4) is 0 Å². The van der Waals surface area contributed by atoms with E-state index in [1.54, 1.807) is 0 Å². The van der Waals surface area contributed by atoms with E-state index in [4.69, 9.17) is 0 Å². The molecule has 1 heterocycles. The summed E-state index contributed by atoms with van der Waals surface area (Å²) < 4.78 is 0. The molecule has 0 saturated carbocycles. The molecule has 0 saturated heterocycles. The molecular weight excluding hydrogens is 246 g/mol. The van der Waals surface area contributed by atoms with Gasteiger partial charge < -0.3 is 10.3 Å². The van der Waals surface area contributed by atoms with Crippen LogP contribution in [-0.4, -0.2) is 28.5 Å². The fraction of sp³-hybridized carbons (Fsp3) is 0.692. The first kappa shape index (κ1) is 15.1. The van der Waals surface area contributed by atoms with Crippen LogP contribution in [0.25, 0.3) is 0 Å². The fourth-order valence-electron chi connectivity index (χ4n) is 1.71. The molecule has 0 aliphatic heterocycles. The number of aromatic nitrogens is 2. The molecular formula is C13H23N3OS. The second-order valence-corrected chi connectivity index (χ2v) is 5.25. The number of aromatic amines is 1. The standard InChI is InChI=1S/C13H23N3OS/c1-3-11-15-12(10-13(17)16-11)14-8-6-4-5-7-9-18-2/h10H,3-9H2,1-2H3,(H2,14,15,16,17). The minimum Gasteiger partial charge on any atom is -0.370 e. The summed E-state index contributed by atoms with van der Waals surface area (Å²) in [5.41, 5.74) is -0.0793. The van der Waals surface area contributed by atoms with Crippen molar-refractivity contribution < 1.29 is 0 Å². The third kappa shape index (κ3) is 6.10. The van der Waals surface area contributed by atoms with Gasteiger partial charge in [-0.05, 0) is 24.9 Å². The largest absolute Gasteiger partial charge is 0.370 e. The molecule has 2 N–H and O–H groups in total. The van der Waals surface area contributed by atoms with Gasteiger partial charge in [0.2, 0.25) is 0 Å². The zero-order valence-corrected chi connectivity index (χ0v) is 12.1. The Kier molecular flexibility index (Phi) is 7.57. The first-order chi connectivity index (χ1) is 8.76. The average Bonchev–Trinajstić information content (AvgIpc) is 2.37. The molecule has 5 heteroatoms. The van der Waals surface area contributed by atoms with Crippen molar-refractivity contribution in [2.75, 3.05) is 23.9 Å². The van der Waals surface area contributed by atoms with Gasteiger partial charge in [0.15, 0.2) is 0 Å². The molecule has 0 bridgehead atoms. The van der Waals surface area contributed by atoms with Crippen LogP contribution in [-0.2, 0) is 6.42 Å². The lowest BCUT2D eigenvalue weighted by Gasteiger charge is -2.06. The van der Waals surface area contributed by atoms with Crippen molar-refractivity contribution in [3.8, 4) is 0 Å². The van der Waals surface area contributed by atoms with Crippen molar-refractivity contribution in [2.45, 2.75) is 39.0 Å². The van der Waals surface area contributed by atoms with E-state index >= 15 is 0 Å². The van der Waals surface area contributed by atoms with E-state index in [1.165, 1.54) is 31.1 Å². The minimum atomic E-state index is -0.0793. The molecule has 0 spiro atoms. The third-order valence-electron chi connectivity index (χ3n) is 2.71. The van der Waals surface area contributed by atoms with E-state index in [1.807, 2.05) is 18.7 Å². The molecule has 0 atom stereocenters. The molecule has 0 aliphatic carbocycles. The molecule has 1 aromatic rings. The van der Waals surface area contributed by atoms with Crippen LogP contribution in [0.15, 0.2) is 10.9 Å². The SMILES string of the molecule is CCc1nc(NCCCCCCSC)cc(=O)[nH]1. The van der Waals surface area contributed by atoms with Crippen molar-refractivity contribution in [3.05, 3.63) is 22.2 Å². The van der Waals surface area contributed by atoms with E-state index in [0.717, 1.165) is 25.2 Å². The number of hydrogen-bond acceptors (Lipinski definition) is 4. The zero-order valence-electron chi connectivity index (χ0n) is 11.3. The predicted octanol–water partition coefficient (Wildman–Crippen LogP) is 2.67. The van der Waals surface area contributed by atoms with Crippen molar-refractivity contribution in [1.29, 1.82) is 0 Å². The van der Waals surface area contributed by atoms with Gasteiger partial charge >= 0.3 is 0 Å². The van der Waals surface area contributed by atoms with E-state index < -0.39 is 0 Å². The number of thioether (sulfide) groups is 1. The van der Waals surface area contributed by atoms with Crippen LogP contribution >= 0.6 is 11.8 Å². The molecule has 0 aromatic carbocycles. The van der Waals surface area contributed by atoms with E-state index in [9.17, 15) is 4.79 Å². The number of anilines is 1. The van der Waals surface area contributed by atoms with Gasteiger partial charge in [0, 0.05) is 19.0 Å². The minimum absolute atomic E-state index is 0.0793. The third-order valence-corrected chi connectivity index (χ3v) is 3.40. The Morgan fingerprint density at radius 3 is 2.83 bits per heavy atom. The summed E-state index contributed by atoms with van der Waals surface area (Å²) in [6.07, 6.45) is 7.84. The van der Waals surface area contributed by atoms with E-state index in [-0.39, 0.29) is 5.56 Å². The highest BCUT2D eigenvalue weighted by molar-refractivity contribution is 7.98. The Morgan fingerprint density at radius 1 is 1.33 bits per heavy atom. The molecule has 102 valence electrons. The first-order valence-corrected chi connectivity index (χ1v) is 7.98. The number of nitrogens with one attached hydrogen (secondary N) is 2. The molecule has 18 heavy (non-hydrogen) atoms. The monoisotopic (exact) mass is 269 g/mol. The molecule has 1 rings (SSSR count). The van der Waals surface area contributed by atoms with E-state index in [2.05, 4.69) is 21.5 Å². The van der Waals surface area contributed by atoms with Crippen LogP contribution in [0.2, 0.25) is 0 Å². The first-order valence-electron chi connectivity index (χ1n) is 6.59. The summed E-state index contributed by atoms with van der Waals surface area (Å²) in [6.45, 7) is 2.87. The summed E-state index contributed by atoms with van der Waals surface area (Å²) >= 11 is 1.90. The van der Waals surface area contributed by atoms with Gasteiger partial charge in [-0.15, -0.1) is 0 Å². The Bertz CT molecular complexity index is 392. The average molecular weight is 269 g/mol. The number of aryl methyl sites for hydroxylation is 1. The second kappa shape index (κ2) is 9.03. The van der Waals surface area contributed by atoms with Crippen LogP contribution in [0.1, 0.15) is 38.4 Å². The normalized spacial score (nSPS) is 10.6. The summed E-state index contributed by atoms with van der Waals surface area (Å²) in [6, 6.07) is 1.52. The Hall–Kier alpha value is -0.970. The Balaban J connectivity index is 2.23. The highest BCUT2D eigenvalue weighted by Crippen LogP contribution is 2.05. The molecule has 0 radical (unpaired) electrons. The Labute approximate surface area is 113 Å². The second-order valence-electron chi connectivity index (χ2n) is 4.26. The van der Waals surface area contributed by atoms with Crippen LogP contribution in [0.5, 0.6) is 0 Å². The van der Waals surface area contributed by atoms with Gasteiger partial charge in [-0.1, -0.05) is 19.8 Å². The number of H-pyrrole nitrogens is 1. The van der Waals surface area contributed by atoms with Gasteiger partial charge in [-0.25, -0.2) is 4.98 Å². The molecule has 0 aliphatic rings. The highest BCUT2D eigenvalue weighted by atomic mass is 32.2. The number of unbranched alkanes of at least 4 members (excludes halogenated alkanes) is 3. The molecule has 0 unspecified atom stereocenters. The van der Waals surface area contributed by atoms with Crippen LogP contribution in [0.4, 0.5) is 5.82 Å². The number of hydrogen-bond donors (Lipinski definition) is 2. The van der Waals surface area contributed by atoms with Crippen molar-refractivity contribution in [2.24, 2.45) is 0 Å². The molecule has 0 fully saturated rings. The maximum Gasteiger partial charge on any atom is 0.252 e. The topological polar surface area (TPSA) is 57.8 Å². The summed E-state index contributed by atoms with van der Waals surface area (Å²) in [4.78, 5) is 18.4.